The number of rotatable bonds is 3. The van der Waals surface area contributed by atoms with Crippen LogP contribution in [0.4, 0.5) is 20.2 Å². The molecule has 3 nitrogen and oxygen atoms in total. The Labute approximate surface area is 306 Å². The van der Waals surface area contributed by atoms with Crippen LogP contribution < -0.4 is 27.4 Å². The summed E-state index contributed by atoms with van der Waals surface area (Å²) in [4.78, 5) is 0. The molecule has 5 rings (SSSR count). The van der Waals surface area contributed by atoms with Crippen molar-refractivity contribution in [3.63, 3.8) is 0 Å². The zero-order chi connectivity index (χ0) is 27.8. The van der Waals surface area contributed by atoms with Crippen LogP contribution in [0.5, 0.6) is 0 Å². The first-order valence-electron chi connectivity index (χ1n) is 11.4. The molecule has 0 saturated heterocycles. The molecule has 0 atom stereocenters. The van der Waals surface area contributed by atoms with E-state index in [2.05, 4.69) is 97.8 Å². The van der Waals surface area contributed by atoms with Crippen LogP contribution in [0.15, 0.2) is 138 Å². The van der Waals surface area contributed by atoms with E-state index in [9.17, 15) is 8.78 Å². The van der Waals surface area contributed by atoms with Gasteiger partial charge in [-0.05, 0) is 73.8 Å². The number of halogens is 3. The van der Waals surface area contributed by atoms with E-state index < -0.39 is 7.92 Å². The summed E-state index contributed by atoms with van der Waals surface area (Å²) in [5.74, 6) is -0.569. The van der Waals surface area contributed by atoms with Crippen LogP contribution in [0.3, 0.4) is 0 Å². The van der Waals surface area contributed by atoms with Crippen molar-refractivity contribution in [2.75, 3.05) is 11.5 Å². The second-order valence-corrected chi connectivity index (χ2v) is 10.5. The standard InChI is InChI=1S/C18H16NP.C6H4BrF.C6H6FN.2Ar.H2NP/c19-17-13-7-8-14-18(17)20(15-9-3-1-4-10-15)16-11-5-2-6-12-16;2*7-5-3-1-2-4-6(5)8;;;1-2/h1-14H,19H2;1-4H;1-4H,8H2;;;1-2H. The van der Waals surface area contributed by atoms with Gasteiger partial charge >= 0.3 is 0 Å². The molecule has 0 saturated carbocycles. The molecule has 0 heterocycles. The molecule has 0 aliphatic rings. The van der Waals surface area contributed by atoms with E-state index >= 15 is 0 Å². The van der Waals surface area contributed by atoms with Gasteiger partial charge in [-0.2, -0.15) is 0 Å². The number of anilines is 2. The fourth-order valence-electron chi connectivity index (χ4n) is 3.19. The molecule has 0 aliphatic carbocycles. The molecule has 5 N–H and O–H groups in total. The average Bonchev–Trinajstić information content (AvgIpc) is 2.96. The molecule has 0 unspecified atom stereocenters. The van der Waals surface area contributed by atoms with Crippen molar-refractivity contribution in [3.05, 3.63) is 150 Å². The Bertz CT molecular complexity index is 1260. The van der Waals surface area contributed by atoms with Gasteiger partial charge in [0.1, 0.15) is 11.6 Å². The third-order valence-electron chi connectivity index (χ3n) is 4.94. The monoisotopic (exact) mass is 689 g/mol. The zero-order valence-electron chi connectivity index (χ0n) is 21.1. The van der Waals surface area contributed by atoms with Gasteiger partial charge in [-0.1, -0.05) is 103 Å². The Hall–Kier alpha value is -0.911. The van der Waals surface area contributed by atoms with Crippen molar-refractivity contribution < 1.29 is 84.3 Å². The van der Waals surface area contributed by atoms with Gasteiger partial charge in [0, 0.05) is 86.5 Å². The summed E-state index contributed by atoms with van der Waals surface area (Å²) < 4.78 is 25.0. The van der Waals surface area contributed by atoms with Crippen LogP contribution in [0.25, 0.3) is 0 Å². The number of nitrogens with one attached hydrogen (secondary N) is 1. The minimum atomic E-state index is -0.592. The SMILES string of the molecule is Fc1ccccc1Br.N=P.Nc1ccccc1F.Nc1ccccc1P(c1ccccc1)c1ccccc1.[Ar].[Ar]. The third-order valence-corrected chi connectivity index (χ3v) is 8.10. The molecule has 5 aromatic carbocycles. The number of nitrogen functional groups attached to an aromatic ring is 2. The van der Waals surface area contributed by atoms with Gasteiger partial charge in [0.15, 0.2) is 0 Å². The molecule has 10 heteroatoms. The number of hydrogen-bond donors (Lipinski definition) is 3. The maximum atomic E-state index is 12.3. The van der Waals surface area contributed by atoms with E-state index in [4.69, 9.17) is 16.6 Å². The number of para-hydroxylation sites is 2. The van der Waals surface area contributed by atoms with Gasteiger partial charge in [-0.15, -0.1) is 0 Å². The fourth-order valence-corrected chi connectivity index (χ4v) is 5.83. The zero-order valence-corrected chi connectivity index (χ0v) is 26.0. The molecule has 0 fully saturated rings. The first-order valence-corrected chi connectivity index (χ1v) is 14.0. The number of benzene rings is 5. The van der Waals surface area contributed by atoms with Crippen molar-refractivity contribution in [2.24, 2.45) is 0 Å². The topological polar surface area (TPSA) is 75.9 Å². The van der Waals surface area contributed by atoms with Gasteiger partial charge in [-0.3, -0.25) is 5.16 Å². The first-order chi connectivity index (χ1) is 18.5. The minimum absolute atomic E-state index is 0. The number of hydrogen-bond acceptors (Lipinski definition) is 3. The van der Waals surface area contributed by atoms with E-state index in [1.54, 1.807) is 30.3 Å². The van der Waals surface area contributed by atoms with Crippen molar-refractivity contribution in [1.82, 2.24) is 0 Å². The Morgan fingerprint density at radius 1 is 0.525 bits per heavy atom. The average molecular weight is 690 g/mol. The summed E-state index contributed by atoms with van der Waals surface area (Å²) in [5.41, 5.74) is 12.4. The van der Waals surface area contributed by atoms with Crippen molar-refractivity contribution in [3.8, 4) is 0 Å². The molecular weight excluding hydrogens is 662 g/mol. The van der Waals surface area contributed by atoms with Gasteiger partial charge in [0.2, 0.25) is 0 Å². The van der Waals surface area contributed by atoms with Gasteiger partial charge < -0.3 is 11.5 Å². The normalized spacial score (nSPS) is 9.10. The molecule has 0 spiro atoms. The van der Waals surface area contributed by atoms with Gasteiger partial charge in [0.25, 0.3) is 0 Å². The van der Waals surface area contributed by atoms with Crippen LogP contribution in [-0.4, -0.2) is 0 Å². The summed E-state index contributed by atoms with van der Waals surface area (Å²) in [6, 6.07) is 42.0. The Kier molecular flexibility index (Phi) is 22.1. The maximum absolute atomic E-state index is 12.3. The van der Waals surface area contributed by atoms with Crippen LogP contribution >= 0.6 is 32.9 Å². The third kappa shape index (κ3) is 13.4. The predicted octanol–water partition coefficient (Wildman–Crippen LogP) is 7.91. The Morgan fingerprint density at radius 2 is 0.900 bits per heavy atom. The molecule has 5 aromatic rings. The molecule has 0 aliphatic heterocycles. The predicted molar refractivity (Wildman–Crippen MR) is 166 cm³/mol. The molecule has 0 amide bonds. The summed E-state index contributed by atoms with van der Waals surface area (Å²) in [6.07, 6.45) is 0. The second-order valence-electron chi connectivity index (χ2n) is 7.50. The minimum Gasteiger partial charge on any atom is -0.398 e. The molecule has 40 heavy (non-hydrogen) atoms. The fraction of sp³-hybridized carbons (Fsp3) is 0. The Morgan fingerprint density at radius 3 is 1.25 bits per heavy atom. The van der Waals surface area contributed by atoms with E-state index in [0.29, 0.717) is 4.47 Å². The van der Waals surface area contributed by atoms with Crippen LogP contribution in [0.1, 0.15) is 0 Å². The summed E-state index contributed by atoms with van der Waals surface area (Å²) >= 11 is 3.02. The first kappa shape index (κ1) is 39.1. The van der Waals surface area contributed by atoms with Gasteiger partial charge in [-0.25, -0.2) is 8.78 Å². The van der Waals surface area contributed by atoms with Crippen molar-refractivity contribution in [1.29, 1.82) is 5.16 Å². The Balaban J connectivity index is 0.000000634. The van der Waals surface area contributed by atoms with Crippen molar-refractivity contribution in [2.45, 2.75) is 0 Å². The van der Waals surface area contributed by atoms with Crippen LogP contribution in [-0.2, 0) is 0 Å². The smallest absolute Gasteiger partial charge is 0.146 e. The second kappa shape index (κ2) is 22.7. The quantitative estimate of drug-likeness (QED) is 0.133. The summed E-state index contributed by atoms with van der Waals surface area (Å²) in [7, 11) is 1.63. The van der Waals surface area contributed by atoms with Crippen molar-refractivity contribution >= 4 is 60.2 Å². The van der Waals surface area contributed by atoms with Crippen LogP contribution in [0, 0.1) is 92.3 Å². The van der Waals surface area contributed by atoms with E-state index in [0.717, 1.165) is 5.69 Å². The van der Waals surface area contributed by atoms with E-state index in [-0.39, 0.29) is 92.8 Å². The summed E-state index contributed by atoms with van der Waals surface area (Å²) in [6.45, 7) is 0. The van der Waals surface area contributed by atoms with Crippen LogP contribution in [0.2, 0.25) is 0 Å². The number of nitrogens with two attached hydrogens (primary N) is 2. The summed E-state index contributed by atoms with van der Waals surface area (Å²) in [5, 5.41) is 9.43. The molecule has 0 bridgehead atoms. The molecule has 0 aromatic heterocycles. The largest absolute Gasteiger partial charge is 0.398 e. The van der Waals surface area contributed by atoms with E-state index in [1.807, 2.05) is 12.1 Å². The van der Waals surface area contributed by atoms with Gasteiger partial charge in [0.05, 0.1) is 10.2 Å². The molecule has 210 valence electrons. The molecular formula is C30H28Ar2BrF2N3P2. The maximum Gasteiger partial charge on any atom is 0.146 e. The van der Waals surface area contributed by atoms with E-state index in [1.165, 1.54) is 34.1 Å². The molecule has 0 radical (unpaired) electrons.